The Morgan fingerprint density at radius 2 is 1.94 bits per heavy atom. The molecule has 3 nitrogen and oxygen atoms in total. The fourth-order valence-corrected chi connectivity index (χ4v) is 3.99. The molecule has 0 aliphatic carbocycles. The number of nitrogens with zero attached hydrogens (tertiary/aromatic N) is 3. The van der Waals surface area contributed by atoms with Gasteiger partial charge in [0.1, 0.15) is 6.17 Å². The van der Waals surface area contributed by atoms with E-state index < -0.39 is 6.17 Å². The van der Waals surface area contributed by atoms with Crippen molar-refractivity contribution in [3.63, 3.8) is 0 Å². The molecule has 2 aromatic carbocycles. The second-order valence-electron chi connectivity index (χ2n) is 7.81. The maximum atomic E-state index is 13.9. The Bertz CT molecular complexity index is 1220. The van der Waals surface area contributed by atoms with E-state index in [1.807, 2.05) is 68.6 Å². The first-order valence-electron chi connectivity index (χ1n) is 11.6. The van der Waals surface area contributed by atoms with Gasteiger partial charge < -0.3 is 4.90 Å². The molecule has 1 unspecified atom stereocenters. The van der Waals surface area contributed by atoms with Crippen molar-refractivity contribution >= 4 is 28.2 Å². The Labute approximate surface area is 208 Å². The van der Waals surface area contributed by atoms with Crippen LogP contribution in [-0.2, 0) is 6.42 Å². The molecule has 0 saturated carbocycles. The first kappa shape index (κ1) is 27.1. The summed E-state index contributed by atoms with van der Waals surface area (Å²) in [6.45, 7) is 17.4. The molecule has 180 valence electrons. The van der Waals surface area contributed by atoms with Gasteiger partial charge in [0.15, 0.2) is 0 Å². The van der Waals surface area contributed by atoms with Crippen molar-refractivity contribution in [2.75, 3.05) is 7.05 Å². The molecule has 3 rings (SSSR count). The molecule has 0 aliphatic rings. The number of allylic oxidation sites excluding steroid dienone is 4. The molecule has 1 atom stereocenters. The van der Waals surface area contributed by atoms with E-state index >= 15 is 0 Å². The maximum absolute atomic E-state index is 13.9. The normalized spacial score (nSPS) is 12.4. The fraction of sp³-hybridized carbons (Fsp3) is 0.276. The topological polar surface area (TPSA) is 21.1 Å². The number of hydrogen-bond acceptors (Lipinski definition) is 2. The first-order chi connectivity index (χ1) is 16.3. The summed E-state index contributed by atoms with van der Waals surface area (Å²) in [4.78, 5) is 2.03. The number of alkyl halides is 1. The molecule has 0 aliphatic heterocycles. The predicted octanol–water partition coefficient (Wildman–Crippen LogP) is 8.46. The van der Waals surface area contributed by atoms with Crippen LogP contribution in [0.2, 0.25) is 5.02 Å². The average Bonchev–Trinajstić information content (AvgIpc) is 3.15. The highest BCUT2D eigenvalue weighted by Gasteiger charge is 2.17. The minimum Gasteiger partial charge on any atom is -0.345 e. The number of hydrogen-bond donors (Lipinski definition) is 0. The Kier molecular flexibility index (Phi) is 9.88. The van der Waals surface area contributed by atoms with Crippen LogP contribution in [0.1, 0.15) is 44.5 Å². The lowest BCUT2D eigenvalue weighted by molar-refractivity contribution is 0.360. The highest BCUT2D eigenvalue weighted by molar-refractivity contribution is 6.30. The molecule has 5 heteroatoms. The Morgan fingerprint density at radius 3 is 2.56 bits per heavy atom. The van der Waals surface area contributed by atoms with E-state index in [0.29, 0.717) is 11.4 Å². The van der Waals surface area contributed by atoms with Crippen LogP contribution in [0, 0.1) is 6.92 Å². The van der Waals surface area contributed by atoms with Gasteiger partial charge in [0, 0.05) is 35.3 Å². The summed E-state index contributed by atoms with van der Waals surface area (Å²) in [7, 11) is 1.98. The summed E-state index contributed by atoms with van der Waals surface area (Å²) in [6.07, 6.45) is 6.89. The van der Waals surface area contributed by atoms with Gasteiger partial charge in [-0.3, -0.25) is 0 Å². The molecule has 0 fully saturated rings. The van der Waals surface area contributed by atoms with Crippen molar-refractivity contribution in [1.82, 2.24) is 14.7 Å². The summed E-state index contributed by atoms with van der Waals surface area (Å²) in [5, 5.41) is 6.41. The smallest absolute Gasteiger partial charge is 0.101 e. The van der Waals surface area contributed by atoms with Crippen molar-refractivity contribution in [3.8, 4) is 5.69 Å². The molecule has 1 aromatic heterocycles. The number of rotatable bonds is 8. The molecule has 34 heavy (non-hydrogen) atoms. The van der Waals surface area contributed by atoms with Crippen LogP contribution < -0.4 is 0 Å². The predicted molar refractivity (Wildman–Crippen MR) is 146 cm³/mol. The van der Waals surface area contributed by atoms with Gasteiger partial charge in [0.2, 0.25) is 0 Å². The van der Waals surface area contributed by atoms with Crippen molar-refractivity contribution in [2.24, 2.45) is 0 Å². The fourth-order valence-electron chi connectivity index (χ4n) is 3.82. The van der Waals surface area contributed by atoms with Gasteiger partial charge in [-0.25, -0.2) is 9.07 Å². The quantitative estimate of drug-likeness (QED) is 0.302. The third-order valence-electron chi connectivity index (χ3n) is 5.43. The molecule has 0 spiro atoms. The van der Waals surface area contributed by atoms with Gasteiger partial charge in [-0.05, 0) is 56.2 Å². The van der Waals surface area contributed by atoms with E-state index in [9.17, 15) is 4.39 Å². The molecular formula is C29H35ClFN3. The maximum Gasteiger partial charge on any atom is 0.101 e. The van der Waals surface area contributed by atoms with E-state index in [0.717, 1.165) is 44.8 Å². The zero-order valence-electron chi connectivity index (χ0n) is 21.1. The third kappa shape index (κ3) is 6.06. The van der Waals surface area contributed by atoms with Crippen LogP contribution in [-0.4, -0.2) is 27.9 Å². The molecule has 0 amide bonds. The lowest BCUT2D eigenvalue weighted by Crippen LogP contribution is -2.14. The van der Waals surface area contributed by atoms with Gasteiger partial charge in [-0.2, -0.15) is 5.10 Å². The van der Waals surface area contributed by atoms with E-state index in [1.54, 1.807) is 19.1 Å². The van der Waals surface area contributed by atoms with Crippen molar-refractivity contribution in [3.05, 3.63) is 101 Å². The summed E-state index contributed by atoms with van der Waals surface area (Å²) >= 11 is 6.31. The lowest BCUT2D eigenvalue weighted by Gasteiger charge is -2.23. The largest absolute Gasteiger partial charge is 0.345 e. The Morgan fingerprint density at radius 1 is 1.24 bits per heavy atom. The molecule has 0 saturated heterocycles. The summed E-state index contributed by atoms with van der Waals surface area (Å²) in [5.74, 6) is 0. The average molecular weight is 480 g/mol. The second kappa shape index (κ2) is 12.4. The monoisotopic (exact) mass is 479 g/mol. The highest BCUT2D eigenvalue weighted by atomic mass is 35.5. The van der Waals surface area contributed by atoms with Crippen molar-refractivity contribution in [2.45, 2.75) is 47.2 Å². The van der Waals surface area contributed by atoms with E-state index in [4.69, 9.17) is 16.7 Å². The second-order valence-corrected chi connectivity index (χ2v) is 8.24. The number of fused-ring (bicyclic) bond motifs is 1. The minimum absolute atomic E-state index is 0.297. The van der Waals surface area contributed by atoms with Crippen molar-refractivity contribution in [1.29, 1.82) is 0 Å². The number of halogens is 2. The lowest BCUT2D eigenvalue weighted by atomic mass is 10.1. The number of aryl methyl sites for hydroxylation is 1. The van der Waals surface area contributed by atoms with Crippen LogP contribution in [0.4, 0.5) is 4.39 Å². The number of benzene rings is 2. The van der Waals surface area contributed by atoms with E-state index in [-0.39, 0.29) is 0 Å². The molecule has 0 N–H and O–H groups in total. The summed E-state index contributed by atoms with van der Waals surface area (Å²) in [6, 6.07) is 11.8. The SMILES string of the molecule is C=C/C=C\C(=C)N(C)/C(=C\C)c1ccc2c(C)nn(-c3cc(Cl)ccc3CC(C)F)c2c1.CC. The highest BCUT2D eigenvalue weighted by Crippen LogP contribution is 2.30. The number of likely N-dealkylation sites (N-methyl/N-ethyl adjacent to an activating group) is 1. The minimum atomic E-state index is -0.966. The van der Waals surface area contributed by atoms with Gasteiger partial charge >= 0.3 is 0 Å². The van der Waals surface area contributed by atoms with Gasteiger partial charge in [-0.15, -0.1) is 0 Å². The summed E-state index contributed by atoms with van der Waals surface area (Å²) < 4.78 is 15.7. The number of aromatic nitrogens is 2. The first-order valence-corrected chi connectivity index (χ1v) is 11.9. The Hall–Kier alpha value is -3.11. The van der Waals surface area contributed by atoms with Crippen LogP contribution in [0.15, 0.2) is 79.6 Å². The van der Waals surface area contributed by atoms with Gasteiger partial charge in [0.05, 0.1) is 16.9 Å². The van der Waals surface area contributed by atoms with Crippen LogP contribution in [0.3, 0.4) is 0 Å². The van der Waals surface area contributed by atoms with Crippen molar-refractivity contribution < 1.29 is 4.39 Å². The Balaban J connectivity index is 0.00000199. The zero-order valence-corrected chi connectivity index (χ0v) is 21.8. The standard InChI is InChI=1S/C27H29ClFN3.C2H6/c1-7-9-10-19(4)31(6)25(8-2)22-12-14-24-20(5)30-32(27(24)16-22)26-17-23(28)13-11-21(26)15-18(3)29;1-2/h7-14,16-18H,1,4,15H2,2-3,5-6H3;1-2H3/b10-9-,25-8-;. The summed E-state index contributed by atoms with van der Waals surface area (Å²) in [5.41, 5.74) is 6.39. The third-order valence-corrected chi connectivity index (χ3v) is 5.66. The van der Waals surface area contributed by atoms with Gasteiger partial charge in [0.25, 0.3) is 0 Å². The van der Waals surface area contributed by atoms with E-state index in [2.05, 4.69) is 37.4 Å². The van der Waals surface area contributed by atoms with Crippen LogP contribution >= 0.6 is 11.6 Å². The van der Waals surface area contributed by atoms with Gasteiger partial charge in [-0.1, -0.05) is 75.0 Å². The van der Waals surface area contributed by atoms with Crippen LogP contribution in [0.25, 0.3) is 22.3 Å². The molecular weight excluding hydrogens is 445 g/mol. The zero-order chi connectivity index (χ0) is 25.4. The van der Waals surface area contributed by atoms with E-state index in [1.165, 1.54) is 0 Å². The molecule has 3 aromatic rings. The molecule has 0 radical (unpaired) electrons. The molecule has 1 heterocycles. The molecule has 0 bridgehead atoms. The van der Waals surface area contributed by atoms with Crippen LogP contribution in [0.5, 0.6) is 0 Å².